The summed E-state index contributed by atoms with van der Waals surface area (Å²) in [6, 6.07) is 0. The zero-order chi connectivity index (χ0) is 13.1. The highest BCUT2D eigenvalue weighted by Crippen LogP contribution is 2.22. The van der Waals surface area contributed by atoms with E-state index in [0.29, 0.717) is 11.8 Å². The van der Waals surface area contributed by atoms with Gasteiger partial charge in [-0.1, -0.05) is 20.8 Å². The van der Waals surface area contributed by atoms with Gasteiger partial charge in [-0.15, -0.1) is 0 Å². The molecule has 0 amide bonds. The minimum Gasteiger partial charge on any atom is -0.368 e. The molecular formula is C14H26N4. The van der Waals surface area contributed by atoms with Gasteiger partial charge in [-0.3, -0.25) is 4.68 Å². The van der Waals surface area contributed by atoms with Crippen molar-refractivity contribution >= 4 is 5.69 Å². The van der Waals surface area contributed by atoms with Gasteiger partial charge in [0.15, 0.2) is 0 Å². The largest absolute Gasteiger partial charge is 0.368 e. The average Bonchev–Trinajstić information content (AvgIpc) is 2.67. The maximum Gasteiger partial charge on any atom is 0.0855 e. The highest BCUT2D eigenvalue weighted by Gasteiger charge is 2.20. The van der Waals surface area contributed by atoms with Crippen LogP contribution in [0.3, 0.4) is 0 Å². The van der Waals surface area contributed by atoms with E-state index in [1.807, 2.05) is 11.7 Å². The van der Waals surface area contributed by atoms with Crippen LogP contribution in [-0.4, -0.2) is 36.0 Å². The molecule has 0 saturated carbocycles. The lowest BCUT2D eigenvalue weighted by Crippen LogP contribution is -2.42. The molecule has 2 unspecified atom stereocenters. The highest BCUT2D eigenvalue weighted by molar-refractivity contribution is 5.49. The molecule has 0 spiro atoms. The SMILES string of the molecule is CCc1nn(C)cc1N1CC(C)CNCC(C)C1. The van der Waals surface area contributed by atoms with Gasteiger partial charge in [0.25, 0.3) is 0 Å². The van der Waals surface area contributed by atoms with Gasteiger partial charge in [-0.05, 0) is 31.3 Å². The van der Waals surface area contributed by atoms with E-state index in [1.54, 1.807) is 0 Å². The second-order valence-corrected chi connectivity index (χ2v) is 5.76. The zero-order valence-electron chi connectivity index (χ0n) is 12.1. The van der Waals surface area contributed by atoms with Crippen molar-refractivity contribution in [2.45, 2.75) is 27.2 Å². The normalized spacial score (nSPS) is 25.9. The number of hydrogen-bond acceptors (Lipinski definition) is 3. The molecule has 0 aliphatic carbocycles. The molecular weight excluding hydrogens is 224 g/mol. The smallest absolute Gasteiger partial charge is 0.0855 e. The molecule has 4 nitrogen and oxygen atoms in total. The summed E-state index contributed by atoms with van der Waals surface area (Å²) >= 11 is 0. The van der Waals surface area contributed by atoms with Gasteiger partial charge >= 0.3 is 0 Å². The number of nitrogens with zero attached hydrogens (tertiary/aromatic N) is 3. The summed E-state index contributed by atoms with van der Waals surface area (Å²) in [5.41, 5.74) is 2.56. The predicted molar refractivity (Wildman–Crippen MR) is 76.0 cm³/mol. The summed E-state index contributed by atoms with van der Waals surface area (Å²) in [4.78, 5) is 2.53. The molecule has 2 atom stereocenters. The van der Waals surface area contributed by atoms with Crippen LogP contribution in [0.15, 0.2) is 6.20 Å². The Hall–Kier alpha value is -1.03. The van der Waals surface area contributed by atoms with Gasteiger partial charge in [-0.2, -0.15) is 5.10 Å². The Kier molecular flexibility index (Phi) is 4.27. The van der Waals surface area contributed by atoms with Gasteiger partial charge in [0.1, 0.15) is 0 Å². The quantitative estimate of drug-likeness (QED) is 0.866. The van der Waals surface area contributed by atoms with E-state index in [2.05, 4.69) is 42.3 Å². The maximum absolute atomic E-state index is 4.57. The van der Waals surface area contributed by atoms with Gasteiger partial charge in [0.2, 0.25) is 0 Å². The van der Waals surface area contributed by atoms with Crippen molar-refractivity contribution in [3.8, 4) is 0 Å². The fourth-order valence-corrected chi connectivity index (χ4v) is 2.77. The molecule has 0 bridgehead atoms. The fraction of sp³-hybridized carbons (Fsp3) is 0.786. The van der Waals surface area contributed by atoms with Crippen molar-refractivity contribution in [1.82, 2.24) is 15.1 Å². The van der Waals surface area contributed by atoms with Crippen LogP contribution in [-0.2, 0) is 13.5 Å². The summed E-state index contributed by atoms with van der Waals surface area (Å²) in [5, 5.41) is 8.11. The Morgan fingerprint density at radius 3 is 2.44 bits per heavy atom. The standard InChI is InChI=1S/C14H26N4/c1-5-13-14(10-17(4)16-13)18-8-11(2)6-15-7-12(3)9-18/h10-12,15H,5-9H2,1-4H3. The molecule has 2 heterocycles. The van der Waals surface area contributed by atoms with Crippen LogP contribution in [0.1, 0.15) is 26.5 Å². The molecule has 0 aromatic carbocycles. The zero-order valence-corrected chi connectivity index (χ0v) is 12.1. The fourth-order valence-electron chi connectivity index (χ4n) is 2.77. The highest BCUT2D eigenvalue weighted by atomic mass is 15.3. The topological polar surface area (TPSA) is 33.1 Å². The van der Waals surface area contributed by atoms with E-state index < -0.39 is 0 Å². The Labute approximate surface area is 110 Å². The Morgan fingerprint density at radius 1 is 1.28 bits per heavy atom. The van der Waals surface area contributed by atoms with Crippen molar-refractivity contribution in [3.05, 3.63) is 11.9 Å². The first-order chi connectivity index (χ1) is 8.60. The van der Waals surface area contributed by atoms with Crippen LogP contribution in [0.5, 0.6) is 0 Å². The van der Waals surface area contributed by atoms with Crippen molar-refractivity contribution in [1.29, 1.82) is 0 Å². The third-order valence-electron chi connectivity index (χ3n) is 3.61. The minimum atomic E-state index is 0.683. The van der Waals surface area contributed by atoms with Crippen molar-refractivity contribution in [2.75, 3.05) is 31.1 Å². The summed E-state index contributed by atoms with van der Waals surface area (Å²) in [7, 11) is 2.01. The van der Waals surface area contributed by atoms with Crippen LogP contribution in [0.2, 0.25) is 0 Å². The first kappa shape index (κ1) is 13.4. The molecule has 1 aromatic heterocycles. The van der Waals surface area contributed by atoms with Crippen molar-refractivity contribution in [2.24, 2.45) is 18.9 Å². The van der Waals surface area contributed by atoms with E-state index in [0.717, 1.165) is 32.6 Å². The third-order valence-corrected chi connectivity index (χ3v) is 3.61. The molecule has 102 valence electrons. The molecule has 2 rings (SSSR count). The molecule has 0 radical (unpaired) electrons. The lowest BCUT2D eigenvalue weighted by molar-refractivity contribution is 0.410. The van der Waals surface area contributed by atoms with E-state index in [9.17, 15) is 0 Å². The van der Waals surface area contributed by atoms with Crippen LogP contribution in [0.4, 0.5) is 5.69 Å². The van der Waals surface area contributed by atoms with E-state index >= 15 is 0 Å². The van der Waals surface area contributed by atoms with E-state index in [4.69, 9.17) is 0 Å². The van der Waals surface area contributed by atoms with E-state index in [-0.39, 0.29) is 0 Å². The molecule has 1 N–H and O–H groups in total. The molecule has 1 aliphatic heterocycles. The number of aromatic nitrogens is 2. The van der Waals surface area contributed by atoms with Gasteiger partial charge < -0.3 is 10.2 Å². The molecule has 18 heavy (non-hydrogen) atoms. The number of nitrogens with one attached hydrogen (secondary N) is 1. The number of hydrogen-bond donors (Lipinski definition) is 1. The first-order valence-corrected chi connectivity index (χ1v) is 7.08. The lowest BCUT2D eigenvalue weighted by Gasteiger charge is -2.33. The van der Waals surface area contributed by atoms with E-state index in [1.165, 1.54) is 11.4 Å². The average molecular weight is 250 g/mol. The Bertz CT molecular complexity index is 373. The van der Waals surface area contributed by atoms with Gasteiger partial charge in [0, 0.05) is 26.3 Å². The van der Waals surface area contributed by atoms with Crippen LogP contribution in [0, 0.1) is 11.8 Å². The third kappa shape index (κ3) is 3.05. The number of rotatable bonds is 2. The summed E-state index contributed by atoms with van der Waals surface area (Å²) < 4.78 is 1.94. The van der Waals surface area contributed by atoms with Crippen molar-refractivity contribution < 1.29 is 0 Å². The van der Waals surface area contributed by atoms with Crippen LogP contribution in [0.25, 0.3) is 0 Å². The molecule has 1 fully saturated rings. The Morgan fingerprint density at radius 2 is 1.89 bits per heavy atom. The lowest BCUT2D eigenvalue weighted by atomic mass is 10.0. The monoisotopic (exact) mass is 250 g/mol. The summed E-state index contributed by atoms with van der Waals surface area (Å²) in [6.07, 6.45) is 3.18. The summed E-state index contributed by atoms with van der Waals surface area (Å²) in [5.74, 6) is 1.37. The maximum atomic E-state index is 4.57. The van der Waals surface area contributed by atoms with Crippen molar-refractivity contribution in [3.63, 3.8) is 0 Å². The predicted octanol–water partition coefficient (Wildman–Crippen LogP) is 1.66. The Balaban J connectivity index is 2.21. The first-order valence-electron chi connectivity index (χ1n) is 7.08. The molecule has 4 heteroatoms. The van der Waals surface area contributed by atoms with Gasteiger partial charge in [-0.25, -0.2) is 0 Å². The number of aryl methyl sites for hydroxylation is 2. The second kappa shape index (κ2) is 5.74. The number of anilines is 1. The summed E-state index contributed by atoms with van der Waals surface area (Å²) in [6.45, 7) is 11.3. The second-order valence-electron chi connectivity index (χ2n) is 5.76. The minimum absolute atomic E-state index is 0.683. The van der Waals surface area contributed by atoms with Crippen LogP contribution >= 0.6 is 0 Å². The molecule has 1 aromatic rings. The molecule has 1 aliphatic rings. The molecule has 1 saturated heterocycles. The van der Waals surface area contributed by atoms with Gasteiger partial charge in [0.05, 0.1) is 11.4 Å². The van der Waals surface area contributed by atoms with Crippen LogP contribution < -0.4 is 10.2 Å².